The van der Waals surface area contributed by atoms with Crippen molar-refractivity contribution in [3.05, 3.63) is 98.4 Å². The van der Waals surface area contributed by atoms with Crippen LogP contribution >= 0.6 is 24.0 Å². The lowest BCUT2D eigenvalue weighted by Crippen LogP contribution is -2.27. The van der Waals surface area contributed by atoms with Crippen LogP contribution in [0, 0.1) is 10.1 Å². The number of benzene rings is 3. The molecule has 3 aromatic rings. The maximum atomic E-state index is 13.1. The molecule has 0 N–H and O–H groups in total. The van der Waals surface area contributed by atoms with E-state index in [0.29, 0.717) is 22.6 Å². The standard InChI is InChI=1S/C25H17F3N2O5S2/c1-34-21-11-15(9-10-20(21)35-14-16-5-2-3-8-19(16)30(32)33)12-22-23(31)29(24(36)37-22)18-7-4-6-17(13-18)25(26,27)28/h2-13H,14H2,1H3/b22-12+. The minimum absolute atomic E-state index is 0.0251. The lowest BCUT2D eigenvalue weighted by molar-refractivity contribution is -0.385. The van der Waals surface area contributed by atoms with E-state index in [-0.39, 0.29) is 27.2 Å². The fraction of sp³-hybridized carbons (Fsp3) is 0.120. The van der Waals surface area contributed by atoms with Crippen LogP contribution in [0.2, 0.25) is 0 Å². The highest BCUT2D eigenvalue weighted by Crippen LogP contribution is 2.39. The maximum Gasteiger partial charge on any atom is 0.416 e. The second kappa shape index (κ2) is 10.6. The van der Waals surface area contributed by atoms with E-state index in [1.54, 1.807) is 42.5 Å². The normalized spacial score (nSPS) is 14.8. The molecule has 1 aliphatic rings. The number of methoxy groups -OCH3 is 1. The summed E-state index contributed by atoms with van der Waals surface area (Å²) in [4.78, 5) is 25.0. The first-order valence-electron chi connectivity index (χ1n) is 10.6. The number of thiocarbonyl (C=S) groups is 1. The molecule has 1 aliphatic heterocycles. The number of hydrogen-bond acceptors (Lipinski definition) is 7. The zero-order chi connectivity index (χ0) is 26.7. The summed E-state index contributed by atoms with van der Waals surface area (Å²) in [6.45, 7) is -0.0670. The molecular formula is C25H17F3N2O5S2. The first-order chi connectivity index (χ1) is 17.6. The quantitative estimate of drug-likeness (QED) is 0.143. The van der Waals surface area contributed by atoms with Crippen LogP contribution in [0.5, 0.6) is 11.5 Å². The number of thioether (sulfide) groups is 1. The molecule has 0 radical (unpaired) electrons. The predicted octanol–water partition coefficient (Wildman–Crippen LogP) is 6.61. The fourth-order valence-corrected chi connectivity index (χ4v) is 4.82. The number of para-hydroxylation sites is 1. The van der Waals surface area contributed by atoms with Gasteiger partial charge in [-0.2, -0.15) is 13.2 Å². The van der Waals surface area contributed by atoms with Gasteiger partial charge < -0.3 is 9.47 Å². The SMILES string of the molecule is COc1cc(/C=C2/SC(=S)N(c3cccc(C(F)(F)F)c3)C2=O)ccc1OCc1ccccc1[N+](=O)[O-]. The average molecular weight is 547 g/mol. The van der Waals surface area contributed by atoms with Crippen LogP contribution < -0.4 is 14.4 Å². The summed E-state index contributed by atoms with van der Waals surface area (Å²) in [5, 5.41) is 11.2. The van der Waals surface area contributed by atoms with E-state index >= 15 is 0 Å². The minimum atomic E-state index is -4.56. The number of nitro groups is 1. The van der Waals surface area contributed by atoms with E-state index < -0.39 is 22.6 Å². The van der Waals surface area contributed by atoms with Crippen molar-refractivity contribution < 1.29 is 32.4 Å². The van der Waals surface area contributed by atoms with Gasteiger partial charge in [0.05, 0.1) is 33.8 Å². The van der Waals surface area contributed by atoms with Gasteiger partial charge in [0.15, 0.2) is 15.8 Å². The number of nitro benzene ring substituents is 1. The molecule has 1 amide bonds. The molecule has 0 spiro atoms. The van der Waals surface area contributed by atoms with Crippen molar-refractivity contribution in [1.82, 2.24) is 0 Å². The predicted molar refractivity (Wildman–Crippen MR) is 138 cm³/mol. The first-order valence-corrected chi connectivity index (χ1v) is 11.8. The smallest absolute Gasteiger partial charge is 0.416 e. The van der Waals surface area contributed by atoms with Gasteiger partial charge in [0.2, 0.25) is 0 Å². The second-order valence-electron chi connectivity index (χ2n) is 7.65. The number of alkyl halides is 3. The molecule has 3 aromatic carbocycles. The number of rotatable bonds is 7. The summed E-state index contributed by atoms with van der Waals surface area (Å²) >= 11 is 6.23. The third-order valence-electron chi connectivity index (χ3n) is 5.28. The molecule has 1 fully saturated rings. The Morgan fingerprint density at radius 3 is 2.54 bits per heavy atom. The van der Waals surface area contributed by atoms with Crippen molar-refractivity contribution in [2.24, 2.45) is 0 Å². The highest BCUT2D eigenvalue weighted by molar-refractivity contribution is 8.27. The topological polar surface area (TPSA) is 81.9 Å². The number of carbonyl (C=O) groups excluding carboxylic acids is 1. The summed E-state index contributed by atoms with van der Waals surface area (Å²) < 4.78 is 50.6. The van der Waals surface area contributed by atoms with Gasteiger partial charge in [-0.15, -0.1) is 0 Å². The molecule has 12 heteroatoms. The number of anilines is 1. The molecule has 190 valence electrons. The van der Waals surface area contributed by atoms with Crippen LogP contribution in [0.4, 0.5) is 24.5 Å². The fourth-order valence-electron chi connectivity index (χ4n) is 3.52. The van der Waals surface area contributed by atoms with Crippen molar-refractivity contribution in [1.29, 1.82) is 0 Å². The Hall–Kier alpha value is -3.90. The molecule has 0 saturated carbocycles. The average Bonchev–Trinajstić information content (AvgIpc) is 3.15. The van der Waals surface area contributed by atoms with E-state index in [4.69, 9.17) is 21.7 Å². The van der Waals surface area contributed by atoms with Gasteiger partial charge in [0, 0.05) is 6.07 Å². The van der Waals surface area contributed by atoms with Crippen LogP contribution in [0.15, 0.2) is 71.6 Å². The van der Waals surface area contributed by atoms with Crippen molar-refractivity contribution in [3.8, 4) is 11.5 Å². The summed E-state index contributed by atoms with van der Waals surface area (Å²) in [7, 11) is 1.42. The van der Waals surface area contributed by atoms with E-state index in [0.717, 1.165) is 28.8 Å². The van der Waals surface area contributed by atoms with Crippen molar-refractivity contribution >= 4 is 51.7 Å². The number of ether oxygens (including phenoxy) is 2. The van der Waals surface area contributed by atoms with Gasteiger partial charge in [-0.1, -0.05) is 48.2 Å². The Balaban J connectivity index is 1.55. The number of halogens is 3. The van der Waals surface area contributed by atoms with Crippen LogP contribution in [0.25, 0.3) is 6.08 Å². The van der Waals surface area contributed by atoms with Crippen LogP contribution in [0.1, 0.15) is 16.7 Å². The van der Waals surface area contributed by atoms with Gasteiger partial charge in [-0.25, -0.2) is 0 Å². The van der Waals surface area contributed by atoms with Gasteiger partial charge in [0.1, 0.15) is 6.61 Å². The van der Waals surface area contributed by atoms with Gasteiger partial charge >= 0.3 is 6.18 Å². The molecule has 0 aliphatic carbocycles. The molecule has 1 saturated heterocycles. The summed E-state index contributed by atoms with van der Waals surface area (Å²) in [5.41, 5.74) is 0.0125. The van der Waals surface area contributed by atoms with Crippen LogP contribution in [0.3, 0.4) is 0 Å². The minimum Gasteiger partial charge on any atom is -0.493 e. The Bertz CT molecular complexity index is 1430. The van der Waals surface area contributed by atoms with Gasteiger partial charge in [-0.3, -0.25) is 19.8 Å². The lowest BCUT2D eigenvalue weighted by atomic mass is 10.1. The Labute approximate surface area is 218 Å². The zero-order valence-electron chi connectivity index (χ0n) is 19.0. The van der Waals surface area contributed by atoms with Crippen LogP contribution in [-0.2, 0) is 17.6 Å². The van der Waals surface area contributed by atoms with E-state index in [9.17, 15) is 28.1 Å². The molecule has 4 rings (SSSR count). The van der Waals surface area contributed by atoms with Crippen molar-refractivity contribution in [2.75, 3.05) is 12.0 Å². The molecule has 0 bridgehead atoms. The molecule has 0 atom stereocenters. The first kappa shape index (κ1) is 26.2. The summed E-state index contributed by atoms with van der Waals surface area (Å²) in [5.74, 6) is 0.0972. The van der Waals surface area contributed by atoms with Gasteiger partial charge in [-0.05, 0) is 48.0 Å². The largest absolute Gasteiger partial charge is 0.493 e. The number of hydrogen-bond donors (Lipinski definition) is 0. The lowest BCUT2D eigenvalue weighted by Gasteiger charge is -2.16. The Morgan fingerprint density at radius 2 is 1.84 bits per heavy atom. The number of nitrogens with zero attached hydrogens (tertiary/aromatic N) is 2. The highest BCUT2D eigenvalue weighted by Gasteiger charge is 2.36. The summed E-state index contributed by atoms with van der Waals surface area (Å²) in [6.07, 6.45) is -3.01. The third-order valence-corrected chi connectivity index (χ3v) is 6.58. The highest BCUT2D eigenvalue weighted by atomic mass is 32.2. The molecule has 0 unspecified atom stereocenters. The van der Waals surface area contributed by atoms with E-state index in [1.807, 2.05) is 0 Å². The third kappa shape index (κ3) is 5.75. The van der Waals surface area contributed by atoms with Crippen molar-refractivity contribution in [2.45, 2.75) is 12.8 Å². The molecule has 7 nitrogen and oxygen atoms in total. The summed E-state index contributed by atoms with van der Waals surface area (Å²) in [6, 6.07) is 15.4. The zero-order valence-corrected chi connectivity index (χ0v) is 20.7. The Morgan fingerprint density at radius 1 is 1.08 bits per heavy atom. The van der Waals surface area contributed by atoms with Gasteiger partial charge in [0.25, 0.3) is 11.6 Å². The Kier molecular flexibility index (Phi) is 7.50. The number of amides is 1. The number of carbonyl (C=O) groups is 1. The monoisotopic (exact) mass is 546 g/mol. The maximum absolute atomic E-state index is 13.1. The molecule has 1 heterocycles. The van der Waals surface area contributed by atoms with E-state index in [2.05, 4.69) is 0 Å². The van der Waals surface area contributed by atoms with E-state index in [1.165, 1.54) is 25.3 Å². The second-order valence-corrected chi connectivity index (χ2v) is 9.33. The molecule has 0 aromatic heterocycles. The van der Waals surface area contributed by atoms with Crippen LogP contribution in [-0.4, -0.2) is 22.3 Å². The molecular weight excluding hydrogens is 529 g/mol. The van der Waals surface area contributed by atoms with Crippen molar-refractivity contribution in [3.63, 3.8) is 0 Å². The molecule has 37 heavy (non-hydrogen) atoms.